The fourth-order valence-electron chi connectivity index (χ4n) is 1.76. The Morgan fingerprint density at radius 3 is 2.06 bits per heavy atom. The van der Waals surface area contributed by atoms with E-state index >= 15 is 0 Å². The molecule has 0 aromatic heterocycles. The minimum Gasteiger partial charge on any atom is -0.466 e. The number of methoxy groups -OCH3 is 1. The third-order valence-corrected chi connectivity index (χ3v) is 3.26. The SMILES string of the molecule is CCCCCCCCCCOC(C)(S)C(=O)OC. The minimum atomic E-state index is -1.12. The Bertz CT molecular complexity index is 217. The third kappa shape index (κ3) is 8.81. The van der Waals surface area contributed by atoms with Gasteiger partial charge in [0.15, 0.2) is 0 Å². The zero-order valence-electron chi connectivity index (χ0n) is 12.0. The van der Waals surface area contributed by atoms with E-state index in [-0.39, 0.29) is 0 Å². The number of rotatable bonds is 11. The van der Waals surface area contributed by atoms with Gasteiger partial charge in [-0.25, -0.2) is 4.79 Å². The van der Waals surface area contributed by atoms with E-state index in [1.165, 1.54) is 45.6 Å². The number of hydrogen-bond acceptors (Lipinski definition) is 4. The van der Waals surface area contributed by atoms with Crippen LogP contribution in [-0.4, -0.2) is 24.6 Å². The lowest BCUT2D eigenvalue weighted by molar-refractivity contribution is -0.156. The Morgan fingerprint density at radius 1 is 1.06 bits per heavy atom. The summed E-state index contributed by atoms with van der Waals surface area (Å²) in [5.41, 5.74) is 0. The molecule has 18 heavy (non-hydrogen) atoms. The molecule has 0 radical (unpaired) electrons. The van der Waals surface area contributed by atoms with Gasteiger partial charge < -0.3 is 9.47 Å². The van der Waals surface area contributed by atoms with Crippen molar-refractivity contribution in [2.24, 2.45) is 0 Å². The van der Waals surface area contributed by atoms with Crippen LogP contribution in [0.25, 0.3) is 0 Å². The molecule has 0 aliphatic rings. The van der Waals surface area contributed by atoms with Crippen LogP contribution in [0.5, 0.6) is 0 Å². The summed E-state index contributed by atoms with van der Waals surface area (Å²) in [6.07, 6.45) is 10.00. The van der Waals surface area contributed by atoms with Crippen LogP contribution in [0.2, 0.25) is 0 Å². The van der Waals surface area contributed by atoms with Gasteiger partial charge in [-0.2, -0.15) is 0 Å². The average Bonchev–Trinajstić information content (AvgIpc) is 2.35. The van der Waals surface area contributed by atoms with Crippen LogP contribution in [0.4, 0.5) is 0 Å². The van der Waals surface area contributed by atoms with E-state index in [1.54, 1.807) is 6.92 Å². The fourth-order valence-corrected chi connectivity index (χ4v) is 1.94. The molecule has 0 bridgehead atoms. The zero-order valence-corrected chi connectivity index (χ0v) is 12.9. The van der Waals surface area contributed by atoms with Crippen molar-refractivity contribution in [1.29, 1.82) is 0 Å². The van der Waals surface area contributed by atoms with Gasteiger partial charge in [0.2, 0.25) is 4.93 Å². The molecule has 0 heterocycles. The van der Waals surface area contributed by atoms with E-state index in [2.05, 4.69) is 24.3 Å². The molecule has 0 N–H and O–H groups in total. The first kappa shape index (κ1) is 17.8. The summed E-state index contributed by atoms with van der Waals surface area (Å²) in [5, 5.41) is 0. The topological polar surface area (TPSA) is 35.5 Å². The van der Waals surface area contributed by atoms with Crippen molar-refractivity contribution in [2.75, 3.05) is 13.7 Å². The number of thiol groups is 1. The Hall–Kier alpha value is -0.220. The summed E-state index contributed by atoms with van der Waals surface area (Å²) < 4.78 is 10.0. The highest BCUT2D eigenvalue weighted by Crippen LogP contribution is 2.18. The molecule has 3 nitrogen and oxygen atoms in total. The predicted molar refractivity (Wildman–Crippen MR) is 78.0 cm³/mol. The maximum Gasteiger partial charge on any atom is 0.348 e. The van der Waals surface area contributed by atoms with Crippen molar-refractivity contribution < 1.29 is 14.3 Å². The Kier molecular flexibility index (Phi) is 10.5. The van der Waals surface area contributed by atoms with Gasteiger partial charge in [-0.3, -0.25) is 0 Å². The van der Waals surface area contributed by atoms with E-state index in [1.807, 2.05) is 0 Å². The molecule has 0 fully saturated rings. The second kappa shape index (κ2) is 10.7. The van der Waals surface area contributed by atoms with Gasteiger partial charge in [0, 0.05) is 6.61 Å². The number of ether oxygens (including phenoxy) is 2. The van der Waals surface area contributed by atoms with Crippen LogP contribution in [0.15, 0.2) is 0 Å². The minimum absolute atomic E-state index is 0.439. The van der Waals surface area contributed by atoms with Gasteiger partial charge in [-0.1, -0.05) is 51.9 Å². The van der Waals surface area contributed by atoms with Gasteiger partial charge in [-0.05, 0) is 13.3 Å². The average molecular weight is 276 g/mol. The first-order valence-corrected chi connectivity index (χ1v) is 7.44. The third-order valence-electron chi connectivity index (χ3n) is 2.95. The number of hydrogen-bond donors (Lipinski definition) is 1. The smallest absolute Gasteiger partial charge is 0.348 e. The molecule has 0 spiro atoms. The first-order valence-electron chi connectivity index (χ1n) is 6.99. The number of esters is 1. The van der Waals surface area contributed by atoms with E-state index in [0.717, 1.165) is 12.8 Å². The van der Waals surface area contributed by atoms with E-state index in [0.29, 0.717) is 6.61 Å². The quantitative estimate of drug-likeness (QED) is 0.268. The van der Waals surface area contributed by atoms with E-state index in [9.17, 15) is 4.79 Å². The summed E-state index contributed by atoms with van der Waals surface area (Å²) in [6.45, 7) is 4.41. The molecule has 0 amide bonds. The second-order valence-electron chi connectivity index (χ2n) is 4.80. The summed E-state index contributed by atoms with van der Waals surface area (Å²) in [4.78, 5) is 10.2. The highest BCUT2D eigenvalue weighted by atomic mass is 32.1. The molecule has 4 heteroatoms. The highest BCUT2D eigenvalue weighted by Gasteiger charge is 2.30. The van der Waals surface area contributed by atoms with Crippen molar-refractivity contribution in [2.45, 2.75) is 70.1 Å². The number of carbonyl (C=O) groups is 1. The molecule has 0 aliphatic carbocycles. The molecule has 0 aromatic rings. The molecule has 0 rings (SSSR count). The van der Waals surface area contributed by atoms with Crippen LogP contribution in [0.3, 0.4) is 0 Å². The van der Waals surface area contributed by atoms with Crippen LogP contribution in [0, 0.1) is 0 Å². The normalized spacial score (nSPS) is 14.2. The van der Waals surface area contributed by atoms with Gasteiger partial charge in [0.05, 0.1) is 7.11 Å². The summed E-state index contributed by atoms with van der Waals surface area (Å²) in [6, 6.07) is 0. The summed E-state index contributed by atoms with van der Waals surface area (Å²) in [5.74, 6) is -0.439. The Labute approximate surface area is 117 Å². The molecular formula is C14H28O3S. The fraction of sp³-hybridized carbons (Fsp3) is 0.929. The van der Waals surface area contributed by atoms with Gasteiger partial charge in [-0.15, -0.1) is 12.6 Å². The van der Waals surface area contributed by atoms with Gasteiger partial charge in [0.25, 0.3) is 0 Å². The van der Waals surface area contributed by atoms with Crippen LogP contribution in [0.1, 0.15) is 65.2 Å². The highest BCUT2D eigenvalue weighted by molar-refractivity contribution is 7.82. The van der Waals surface area contributed by atoms with Crippen LogP contribution < -0.4 is 0 Å². The summed E-state index contributed by atoms with van der Waals surface area (Å²) >= 11 is 4.15. The largest absolute Gasteiger partial charge is 0.466 e. The van der Waals surface area contributed by atoms with Gasteiger partial charge in [0.1, 0.15) is 0 Å². The van der Waals surface area contributed by atoms with Crippen molar-refractivity contribution >= 4 is 18.6 Å². The lowest BCUT2D eigenvalue weighted by Crippen LogP contribution is -2.33. The maximum atomic E-state index is 11.3. The maximum absolute atomic E-state index is 11.3. The van der Waals surface area contributed by atoms with Crippen molar-refractivity contribution in [3.8, 4) is 0 Å². The van der Waals surface area contributed by atoms with Crippen molar-refractivity contribution in [3.63, 3.8) is 0 Å². The standard InChI is InChI=1S/C14H28O3S/c1-4-5-6-7-8-9-10-11-12-17-14(2,18)13(15)16-3/h18H,4-12H2,1-3H3. The van der Waals surface area contributed by atoms with Crippen LogP contribution >= 0.6 is 12.6 Å². The molecule has 0 aromatic carbocycles. The van der Waals surface area contributed by atoms with Crippen LogP contribution in [-0.2, 0) is 14.3 Å². The lowest BCUT2D eigenvalue weighted by Gasteiger charge is -2.20. The molecule has 1 atom stereocenters. The van der Waals surface area contributed by atoms with Crippen molar-refractivity contribution in [1.82, 2.24) is 0 Å². The van der Waals surface area contributed by atoms with Crippen molar-refractivity contribution in [3.05, 3.63) is 0 Å². The van der Waals surface area contributed by atoms with Gasteiger partial charge >= 0.3 is 5.97 Å². The van der Waals surface area contributed by atoms with E-state index < -0.39 is 10.9 Å². The lowest BCUT2D eigenvalue weighted by atomic mass is 10.1. The summed E-state index contributed by atoms with van der Waals surface area (Å²) in [7, 11) is 1.34. The molecule has 108 valence electrons. The molecule has 0 saturated heterocycles. The Morgan fingerprint density at radius 2 is 1.56 bits per heavy atom. The molecular weight excluding hydrogens is 248 g/mol. The number of unbranched alkanes of at least 4 members (excludes halogenated alkanes) is 7. The predicted octanol–water partition coefficient (Wildman–Crippen LogP) is 3.96. The number of carbonyl (C=O) groups excluding carboxylic acids is 1. The van der Waals surface area contributed by atoms with E-state index in [4.69, 9.17) is 4.74 Å². The monoisotopic (exact) mass is 276 g/mol. The molecule has 1 unspecified atom stereocenters. The molecule has 0 aliphatic heterocycles. The zero-order chi connectivity index (χ0) is 13.9. The second-order valence-corrected chi connectivity index (χ2v) is 5.65. The molecule has 0 saturated carbocycles. The first-order chi connectivity index (χ1) is 8.54. The Balaban J connectivity index is 3.37.